The lowest BCUT2D eigenvalue weighted by molar-refractivity contribution is 0.0694. The van der Waals surface area contributed by atoms with Crippen molar-refractivity contribution in [2.45, 2.75) is 6.54 Å². The van der Waals surface area contributed by atoms with Crippen molar-refractivity contribution in [3.63, 3.8) is 0 Å². The molecule has 0 bridgehead atoms. The number of carbonyl (C=O) groups is 1. The summed E-state index contributed by atoms with van der Waals surface area (Å²) >= 11 is 0. The van der Waals surface area contributed by atoms with Gasteiger partial charge in [-0.3, -0.25) is 0 Å². The molecule has 4 heteroatoms. The summed E-state index contributed by atoms with van der Waals surface area (Å²) in [4.78, 5) is 10.8. The Morgan fingerprint density at radius 1 is 1.20 bits per heavy atom. The Hall–Kier alpha value is -2.75. The summed E-state index contributed by atoms with van der Waals surface area (Å²) in [6.45, 7) is 4.28. The molecule has 102 valence electrons. The Balaban J connectivity index is 2.05. The van der Waals surface area contributed by atoms with Crippen molar-refractivity contribution in [2.75, 3.05) is 5.32 Å². The van der Waals surface area contributed by atoms with Gasteiger partial charge >= 0.3 is 5.97 Å². The minimum Gasteiger partial charge on any atom is -0.507 e. The number of aromatic hydroxyl groups is 1. The highest BCUT2D eigenvalue weighted by molar-refractivity contribution is 5.91. The van der Waals surface area contributed by atoms with Crippen LogP contribution in [0.5, 0.6) is 5.75 Å². The van der Waals surface area contributed by atoms with E-state index >= 15 is 0 Å². The quantitative estimate of drug-likeness (QED) is 0.778. The van der Waals surface area contributed by atoms with Gasteiger partial charge in [-0.2, -0.15) is 0 Å². The molecule has 0 spiro atoms. The standard InChI is InChI=1S/C16H15NO3/c1-2-11-3-5-12(6-4-11)10-17-13-7-8-14(16(19)20)15(18)9-13/h2-9,17-18H,1,10H2,(H,19,20). The Morgan fingerprint density at radius 2 is 1.90 bits per heavy atom. The van der Waals surface area contributed by atoms with Crippen LogP contribution in [0, 0.1) is 0 Å². The molecule has 0 aliphatic rings. The van der Waals surface area contributed by atoms with Gasteiger partial charge in [-0.15, -0.1) is 0 Å². The summed E-state index contributed by atoms with van der Waals surface area (Å²) in [5.41, 5.74) is 2.70. The van der Waals surface area contributed by atoms with Crippen LogP contribution >= 0.6 is 0 Å². The zero-order chi connectivity index (χ0) is 14.5. The average Bonchev–Trinajstić information content (AvgIpc) is 2.45. The number of carboxylic acid groups (broad SMARTS) is 1. The van der Waals surface area contributed by atoms with Crippen molar-refractivity contribution in [1.82, 2.24) is 0 Å². The van der Waals surface area contributed by atoms with Gasteiger partial charge in [0.15, 0.2) is 0 Å². The lowest BCUT2D eigenvalue weighted by atomic mass is 10.1. The van der Waals surface area contributed by atoms with E-state index in [4.69, 9.17) is 5.11 Å². The molecule has 0 fully saturated rings. The van der Waals surface area contributed by atoms with Crippen LogP contribution in [-0.4, -0.2) is 16.2 Å². The molecule has 0 heterocycles. The summed E-state index contributed by atoms with van der Waals surface area (Å²) in [6.07, 6.45) is 1.78. The SMILES string of the molecule is C=Cc1ccc(CNc2ccc(C(=O)O)c(O)c2)cc1. The zero-order valence-electron chi connectivity index (χ0n) is 10.8. The number of carboxylic acids is 1. The molecule has 0 radical (unpaired) electrons. The molecular weight excluding hydrogens is 254 g/mol. The van der Waals surface area contributed by atoms with Crippen molar-refractivity contribution < 1.29 is 15.0 Å². The van der Waals surface area contributed by atoms with Crippen LogP contribution in [0.4, 0.5) is 5.69 Å². The number of rotatable bonds is 5. The topological polar surface area (TPSA) is 69.6 Å². The second kappa shape index (κ2) is 5.93. The van der Waals surface area contributed by atoms with Crippen molar-refractivity contribution in [1.29, 1.82) is 0 Å². The first kappa shape index (κ1) is 13.7. The van der Waals surface area contributed by atoms with E-state index < -0.39 is 5.97 Å². The first-order valence-electron chi connectivity index (χ1n) is 6.11. The highest BCUT2D eigenvalue weighted by Crippen LogP contribution is 2.22. The van der Waals surface area contributed by atoms with Crippen molar-refractivity contribution in [3.8, 4) is 5.75 Å². The van der Waals surface area contributed by atoms with Crippen molar-refractivity contribution in [3.05, 3.63) is 65.7 Å². The molecule has 0 saturated heterocycles. The third-order valence-electron chi connectivity index (χ3n) is 2.94. The van der Waals surface area contributed by atoms with E-state index in [1.165, 1.54) is 12.1 Å². The summed E-state index contributed by atoms with van der Waals surface area (Å²) in [7, 11) is 0. The van der Waals surface area contributed by atoms with Crippen molar-refractivity contribution in [2.24, 2.45) is 0 Å². The number of aromatic carboxylic acids is 1. The van der Waals surface area contributed by atoms with E-state index in [-0.39, 0.29) is 11.3 Å². The molecule has 0 atom stereocenters. The van der Waals surface area contributed by atoms with Gasteiger partial charge in [0.1, 0.15) is 11.3 Å². The monoisotopic (exact) mass is 269 g/mol. The minimum atomic E-state index is -1.14. The molecule has 0 unspecified atom stereocenters. The van der Waals surface area contributed by atoms with Gasteiger partial charge in [0, 0.05) is 18.3 Å². The van der Waals surface area contributed by atoms with Crippen LogP contribution in [-0.2, 0) is 6.54 Å². The normalized spacial score (nSPS) is 10.0. The number of hydrogen-bond donors (Lipinski definition) is 3. The average molecular weight is 269 g/mol. The highest BCUT2D eigenvalue weighted by Gasteiger charge is 2.09. The predicted molar refractivity (Wildman–Crippen MR) is 78.9 cm³/mol. The molecule has 0 saturated carbocycles. The van der Waals surface area contributed by atoms with Gasteiger partial charge in [-0.25, -0.2) is 4.79 Å². The van der Waals surface area contributed by atoms with Crippen LogP contribution < -0.4 is 5.32 Å². The summed E-state index contributed by atoms with van der Waals surface area (Å²) in [5, 5.41) is 21.5. The van der Waals surface area contributed by atoms with E-state index in [0.717, 1.165) is 11.1 Å². The first-order valence-corrected chi connectivity index (χ1v) is 6.11. The van der Waals surface area contributed by atoms with Crippen LogP contribution in [0.15, 0.2) is 49.0 Å². The molecule has 0 amide bonds. The molecule has 0 aliphatic heterocycles. The molecular formula is C16H15NO3. The molecule has 4 nitrogen and oxygen atoms in total. The fourth-order valence-corrected chi connectivity index (χ4v) is 1.80. The second-order valence-corrected chi connectivity index (χ2v) is 4.34. The Labute approximate surface area is 117 Å². The largest absolute Gasteiger partial charge is 0.507 e. The molecule has 0 aromatic heterocycles. The molecule has 2 aromatic carbocycles. The predicted octanol–water partition coefficient (Wildman–Crippen LogP) is 3.35. The molecule has 2 aromatic rings. The maximum absolute atomic E-state index is 10.8. The van der Waals surface area contributed by atoms with E-state index in [9.17, 15) is 9.90 Å². The van der Waals surface area contributed by atoms with Crippen LogP contribution in [0.3, 0.4) is 0 Å². The van der Waals surface area contributed by atoms with Crippen molar-refractivity contribution >= 4 is 17.7 Å². The van der Waals surface area contributed by atoms with E-state index in [2.05, 4.69) is 11.9 Å². The van der Waals surface area contributed by atoms with Gasteiger partial charge in [-0.1, -0.05) is 36.9 Å². The lowest BCUT2D eigenvalue weighted by Crippen LogP contribution is -2.01. The van der Waals surface area contributed by atoms with E-state index in [0.29, 0.717) is 12.2 Å². The van der Waals surface area contributed by atoms with Crippen LogP contribution in [0.25, 0.3) is 6.08 Å². The van der Waals surface area contributed by atoms with Gasteiger partial charge in [-0.05, 0) is 23.3 Å². The number of nitrogens with one attached hydrogen (secondary N) is 1. The Bertz CT molecular complexity index is 633. The Kier molecular flexibility index (Phi) is 4.05. The number of benzene rings is 2. The van der Waals surface area contributed by atoms with E-state index in [1.807, 2.05) is 24.3 Å². The number of phenols is 1. The van der Waals surface area contributed by atoms with Gasteiger partial charge < -0.3 is 15.5 Å². The summed E-state index contributed by atoms with van der Waals surface area (Å²) in [6, 6.07) is 12.3. The lowest BCUT2D eigenvalue weighted by Gasteiger charge is -2.08. The number of anilines is 1. The molecule has 2 rings (SSSR count). The molecule has 0 aliphatic carbocycles. The van der Waals surface area contributed by atoms with Crippen LogP contribution in [0.2, 0.25) is 0 Å². The van der Waals surface area contributed by atoms with E-state index in [1.54, 1.807) is 12.1 Å². The highest BCUT2D eigenvalue weighted by atomic mass is 16.4. The van der Waals surface area contributed by atoms with Gasteiger partial charge in [0.05, 0.1) is 0 Å². The minimum absolute atomic E-state index is 0.106. The van der Waals surface area contributed by atoms with Gasteiger partial charge in [0.25, 0.3) is 0 Å². The summed E-state index contributed by atoms with van der Waals surface area (Å²) in [5.74, 6) is -1.39. The maximum atomic E-state index is 10.8. The Morgan fingerprint density at radius 3 is 2.45 bits per heavy atom. The molecule has 20 heavy (non-hydrogen) atoms. The maximum Gasteiger partial charge on any atom is 0.339 e. The number of hydrogen-bond acceptors (Lipinski definition) is 3. The zero-order valence-corrected chi connectivity index (χ0v) is 10.8. The smallest absolute Gasteiger partial charge is 0.339 e. The second-order valence-electron chi connectivity index (χ2n) is 4.34. The fraction of sp³-hybridized carbons (Fsp3) is 0.0625. The third kappa shape index (κ3) is 3.17. The van der Waals surface area contributed by atoms with Crippen LogP contribution in [0.1, 0.15) is 21.5 Å². The first-order chi connectivity index (χ1) is 9.60. The fourth-order valence-electron chi connectivity index (χ4n) is 1.80. The molecule has 3 N–H and O–H groups in total. The summed E-state index contributed by atoms with van der Waals surface area (Å²) < 4.78 is 0. The van der Waals surface area contributed by atoms with Gasteiger partial charge in [0.2, 0.25) is 0 Å². The third-order valence-corrected chi connectivity index (χ3v) is 2.94.